The molecule has 7 amide bonds. The lowest BCUT2D eigenvalue weighted by atomic mass is 10.0. The first kappa shape index (κ1) is 49.4. The van der Waals surface area contributed by atoms with Crippen LogP contribution in [0.15, 0.2) is 4.99 Å². The lowest BCUT2D eigenvalue weighted by Crippen LogP contribution is -2.61. The maximum absolute atomic E-state index is 13.5. The number of carboxylic acids is 2. The Labute approximate surface area is 316 Å². The summed E-state index contributed by atoms with van der Waals surface area (Å²) in [6.07, 6.45) is -0.593. The number of amides is 7. The Morgan fingerprint density at radius 1 is 0.618 bits per heavy atom. The van der Waals surface area contributed by atoms with Crippen LogP contribution in [-0.4, -0.2) is 137 Å². The van der Waals surface area contributed by atoms with Crippen molar-refractivity contribution in [2.24, 2.45) is 39.6 Å². The molecular weight excluding hydrogens is 732 g/mol. The number of carboxylic acid groups (broad SMARTS) is 2. The number of hydrogen-bond donors (Lipinski definition) is 14. The molecule has 0 aliphatic rings. The number of carbonyl (C=O) groups is 9. The number of carbonyl (C=O) groups excluding carboxylic acids is 7. The molecule has 0 aliphatic heterocycles. The smallest absolute Gasteiger partial charge is 0.325 e. The first-order chi connectivity index (χ1) is 25.6. The standard InChI is InChI=1S/C31H56N12O12/c1-14(2)23(43-24(48)16(33)7-4-5-9-32)29(53)42-20(13-44)28(52)40-18(11-21(34)45)27(51)39-17(8-6-10-37-31(35)36)25(49)41-19(12-22(46)47)26(50)38-15(3)30(54)55/h14-20,23,44H,4-13,32-33H2,1-3H3,(H2,34,45)(H,38,50)(H,39,51)(H,40,52)(H,41,49)(H,42,53)(H,43,48)(H,46,47)(H,54,55)(H4,35,36,37)/t15-,16-,17-,18-,19-,20-,23-/m0/s1. The minimum atomic E-state index is -1.81. The third kappa shape index (κ3) is 19.9. The molecule has 24 nitrogen and oxygen atoms in total. The Hall–Kier alpha value is -5.62. The van der Waals surface area contributed by atoms with Gasteiger partial charge in [-0.1, -0.05) is 20.3 Å². The van der Waals surface area contributed by atoms with E-state index in [0.717, 1.165) is 6.92 Å². The van der Waals surface area contributed by atoms with Crippen LogP contribution < -0.4 is 60.6 Å². The average Bonchev–Trinajstić information content (AvgIpc) is 3.08. The summed E-state index contributed by atoms with van der Waals surface area (Å²) in [5.41, 5.74) is 27.3. The molecule has 0 bridgehead atoms. The maximum Gasteiger partial charge on any atom is 0.325 e. The summed E-state index contributed by atoms with van der Waals surface area (Å²) in [5, 5.41) is 41.8. The fourth-order valence-corrected chi connectivity index (χ4v) is 4.65. The van der Waals surface area contributed by atoms with Crippen LogP contribution in [0.5, 0.6) is 0 Å². The lowest BCUT2D eigenvalue weighted by molar-refractivity contribution is -0.143. The van der Waals surface area contributed by atoms with Gasteiger partial charge >= 0.3 is 11.9 Å². The molecule has 0 aromatic rings. The molecule has 0 saturated heterocycles. The minimum Gasteiger partial charge on any atom is -0.481 e. The van der Waals surface area contributed by atoms with E-state index in [1.807, 2.05) is 5.32 Å². The number of guanidine groups is 1. The zero-order chi connectivity index (χ0) is 42.4. The highest BCUT2D eigenvalue weighted by Crippen LogP contribution is 2.07. The first-order valence-electron chi connectivity index (χ1n) is 17.3. The van der Waals surface area contributed by atoms with Gasteiger partial charge in [-0.15, -0.1) is 0 Å². The molecule has 0 unspecified atom stereocenters. The Kier molecular flexibility index (Phi) is 22.8. The molecule has 7 atom stereocenters. The van der Waals surface area contributed by atoms with Gasteiger partial charge in [0.1, 0.15) is 36.3 Å². The van der Waals surface area contributed by atoms with E-state index in [-0.39, 0.29) is 25.3 Å². The number of nitrogens with two attached hydrogens (primary N) is 5. The predicted octanol–water partition coefficient (Wildman–Crippen LogP) is -6.49. The second-order valence-corrected chi connectivity index (χ2v) is 12.8. The van der Waals surface area contributed by atoms with Gasteiger partial charge in [0.25, 0.3) is 0 Å². The van der Waals surface area contributed by atoms with Gasteiger partial charge in [-0.2, -0.15) is 0 Å². The fraction of sp³-hybridized carbons (Fsp3) is 0.677. The van der Waals surface area contributed by atoms with Crippen molar-refractivity contribution in [3.8, 4) is 0 Å². The number of unbranched alkanes of at least 4 members (excludes halogenated alkanes) is 1. The van der Waals surface area contributed by atoms with Gasteiger partial charge in [0.05, 0.1) is 25.5 Å². The number of nitrogens with zero attached hydrogens (tertiary/aromatic N) is 1. The Balaban J connectivity index is 6.17. The van der Waals surface area contributed by atoms with Crippen molar-refractivity contribution in [3.63, 3.8) is 0 Å². The van der Waals surface area contributed by atoms with Gasteiger partial charge in [0.2, 0.25) is 41.4 Å². The topological polar surface area (TPSA) is 429 Å². The van der Waals surface area contributed by atoms with Gasteiger partial charge in [0.15, 0.2) is 5.96 Å². The maximum atomic E-state index is 13.5. The molecule has 0 aromatic carbocycles. The van der Waals surface area contributed by atoms with Crippen LogP contribution in [0.2, 0.25) is 0 Å². The van der Waals surface area contributed by atoms with Gasteiger partial charge in [0, 0.05) is 6.54 Å². The van der Waals surface area contributed by atoms with Crippen LogP contribution >= 0.6 is 0 Å². The highest BCUT2D eigenvalue weighted by molar-refractivity contribution is 5.98. The van der Waals surface area contributed by atoms with E-state index in [1.165, 1.54) is 0 Å². The molecule has 19 N–H and O–H groups in total. The molecular formula is C31H56N12O12. The van der Waals surface area contributed by atoms with Gasteiger partial charge in [-0.3, -0.25) is 48.1 Å². The summed E-state index contributed by atoms with van der Waals surface area (Å²) < 4.78 is 0. The summed E-state index contributed by atoms with van der Waals surface area (Å²) in [7, 11) is 0. The van der Waals surface area contributed by atoms with Crippen LogP contribution in [0.25, 0.3) is 0 Å². The summed E-state index contributed by atoms with van der Waals surface area (Å²) in [6, 6.07) is -10.6. The largest absolute Gasteiger partial charge is 0.481 e. The van der Waals surface area contributed by atoms with Crippen molar-refractivity contribution in [2.45, 2.75) is 108 Å². The van der Waals surface area contributed by atoms with Crippen LogP contribution in [0, 0.1) is 5.92 Å². The van der Waals surface area contributed by atoms with Crippen LogP contribution in [0.3, 0.4) is 0 Å². The average molecular weight is 789 g/mol. The lowest BCUT2D eigenvalue weighted by Gasteiger charge is -2.27. The molecule has 24 heteroatoms. The number of aliphatic imine (C=N–C) groups is 1. The minimum absolute atomic E-state index is 0.0136. The van der Waals surface area contributed by atoms with Crippen LogP contribution in [-0.2, 0) is 43.2 Å². The van der Waals surface area contributed by atoms with Crippen molar-refractivity contribution in [3.05, 3.63) is 0 Å². The van der Waals surface area contributed by atoms with Gasteiger partial charge in [-0.25, -0.2) is 0 Å². The Bertz CT molecular complexity index is 1390. The number of hydrogen-bond acceptors (Lipinski definition) is 13. The van der Waals surface area contributed by atoms with Crippen LogP contribution in [0.4, 0.5) is 0 Å². The molecule has 0 aromatic heterocycles. The molecule has 0 aliphatic carbocycles. The summed E-state index contributed by atoms with van der Waals surface area (Å²) in [5.74, 6) is -11.1. The van der Waals surface area contributed by atoms with Crippen molar-refractivity contribution >= 4 is 59.2 Å². The third-order valence-electron chi connectivity index (χ3n) is 7.73. The van der Waals surface area contributed by atoms with Gasteiger partial charge < -0.3 is 75.9 Å². The monoisotopic (exact) mass is 788 g/mol. The first-order valence-corrected chi connectivity index (χ1v) is 17.3. The Morgan fingerprint density at radius 3 is 1.62 bits per heavy atom. The number of aliphatic hydroxyl groups is 1. The quantitative estimate of drug-likeness (QED) is 0.0209. The zero-order valence-electron chi connectivity index (χ0n) is 31.0. The van der Waals surface area contributed by atoms with E-state index in [0.29, 0.717) is 25.8 Å². The second kappa shape index (κ2) is 25.4. The van der Waals surface area contributed by atoms with Crippen molar-refractivity contribution in [1.29, 1.82) is 0 Å². The van der Waals surface area contributed by atoms with Crippen molar-refractivity contribution in [1.82, 2.24) is 31.9 Å². The van der Waals surface area contributed by atoms with E-state index in [9.17, 15) is 53.4 Å². The van der Waals surface area contributed by atoms with Gasteiger partial charge in [-0.05, 0) is 45.1 Å². The summed E-state index contributed by atoms with van der Waals surface area (Å²) in [4.78, 5) is 117. The fourth-order valence-electron chi connectivity index (χ4n) is 4.65. The number of aliphatic carboxylic acids is 2. The molecule has 312 valence electrons. The number of rotatable bonds is 27. The number of aliphatic hydroxyl groups excluding tert-OH is 1. The third-order valence-corrected chi connectivity index (χ3v) is 7.73. The van der Waals surface area contributed by atoms with E-state index in [1.54, 1.807) is 13.8 Å². The molecule has 0 spiro atoms. The highest BCUT2D eigenvalue weighted by Gasteiger charge is 2.34. The Morgan fingerprint density at radius 2 is 1.13 bits per heavy atom. The normalized spacial score (nSPS) is 14.7. The van der Waals surface area contributed by atoms with E-state index < -0.39 is 121 Å². The van der Waals surface area contributed by atoms with E-state index >= 15 is 0 Å². The molecule has 0 radical (unpaired) electrons. The van der Waals surface area contributed by atoms with Crippen molar-refractivity contribution in [2.75, 3.05) is 19.7 Å². The zero-order valence-corrected chi connectivity index (χ0v) is 31.0. The number of primary amides is 1. The second-order valence-electron chi connectivity index (χ2n) is 12.8. The molecule has 0 fully saturated rings. The highest BCUT2D eigenvalue weighted by atomic mass is 16.4. The molecule has 0 saturated carbocycles. The van der Waals surface area contributed by atoms with E-state index in [4.69, 9.17) is 33.8 Å². The van der Waals surface area contributed by atoms with Crippen LogP contribution in [0.1, 0.15) is 65.7 Å². The predicted molar refractivity (Wildman–Crippen MR) is 194 cm³/mol. The SMILES string of the molecule is CC(C)[C@H](NC(=O)[C@@H](N)CCCCN)C(=O)N[C@@H](CO)C(=O)N[C@@H](CC(N)=O)C(=O)N[C@@H](CCCN=C(N)N)C(=O)N[C@@H](CC(=O)O)C(=O)N[C@@H](C)C(=O)O. The summed E-state index contributed by atoms with van der Waals surface area (Å²) >= 11 is 0. The molecule has 0 heterocycles. The van der Waals surface area contributed by atoms with Crippen molar-refractivity contribution < 1.29 is 58.5 Å². The number of nitrogens with one attached hydrogen (secondary N) is 6. The molecule has 55 heavy (non-hydrogen) atoms. The van der Waals surface area contributed by atoms with E-state index in [2.05, 4.69) is 31.6 Å². The summed E-state index contributed by atoms with van der Waals surface area (Å²) in [6.45, 7) is 3.62. The molecule has 0 rings (SSSR count).